The number of H-pyrrole nitrogens is 1. The Bertz CT molecular complexity index is 950. The summed E-state index contributed by atoms with van der Waals surface area (Å²) in [7, 11) is -1.79. The topological polar surface area (TPSA) is 56.2 Å². The third-order valence-electron chi connectivity index (χ3n) is 5.44. The second-order valence-electron chi connectivity index (χ2n) is 9.12. The molecule has 0 saturated heterocycles. The molecule has 0 aliphatic carbocycles. The number of aromatic nitrogens is 2. The molecule has 1 heterocycles. The van der Waals surface area contributed by atoms with Crippen LogP contribution in [0.2, 0.25) is 18.1 Å². The van der Waals surface area contributed by atoms with Gasteiger partial charge in [0.1, 0.15) is 0 Å². The first-order chi connectivity index (χ1) is 13.9. The number of benzene rings is 1. The summed E-state index contributed by atoms with van der Waals surface area (Å²) >= 11 is 5.44. The zero-order chi connectivity index (χ0) is 22.5. The standard InChI is InChI=1S/C22H34N2O3SSeSi/c1-16(2)18-19(25)23-21(28)24(20(18)29-17-11-9-8-10-12-17)15-26-13-14-27-30(6,7)22(3,4)5/h8-12,16H,13-15H2,1-7H3,(H,23,25,28). The van der Waals surface area contributed by atoms with Crippen LogP contribution in [0.15, 0.2) is 35.1 Å². The van der Waals surface area contributed by atoms with Gasteiger partial charge in [0.25, 0.3) is 0 Å². The Kier molecular flexibility index (Phi) is 8.86. The first kappa shape index (κ1) is 25.2. The van der Waals surface area contributed by atoms with E-state index in [9.17, 15) is 4.79 Å². The van der Waals surface area contributed by atoms with Crippen LogP contribution in [0.4, 0.5) is 0 Å². The first-order valence-corrected chi connectivity index (χ1v) is 15.3. The molecule has 2 rings (SSSR count). The van der Waals surface area contributed by atoms with E-state index >= 15 is 0 Å². The van der Waals surface area contributed by atoms with Gasteiger partial charge in [0.05, 0.1) is 0 Å². The second-order valence-corrected chi connectivity index (χ2v) is 16.5. The molecule has 166 valence electrons. The number of nitrogens with zero attached hydrogens (tertiary/aromatic N) is 1. The molecule has 8 heteroatoms. The third-order valence-corrected chi connectivity index (χ3v) is 12.7. The summed E-state index contributed by atoms with van der Waals surface area (Å²) in [4.78, 5) is 15.5. The minimum absolute atomic E-state index is 0.0519. The van der Waals surface area contributed by atoms with E-state index in [0.717, 1.165) is 10.2 Å². The van der Waals surface area contributed by atoms with Gasteiger partial charge < -0.3 is 0 Å². The predicted molar refractivity (Wildman–Crippen MR) is 131 cm³/mol. The van der Waals surface area contributed by atoms with Gasteiger partial charge in [0, 0.05) is 0 Å². The van der Waals surface area contributed by atoms with Crippen molar-refractivity contribution in [3.05, 3.63) is 51.0 Å². The van der Waals surface area contributed by atoms with Crippen LogP contribution >= 0.6 is 12.2 Å². The molecular weight excluding hydrogens is 479 g/mol. The Labute approximate surface area is 192 Å². The molecule has 0 unspecified atom stereocenters. The SMILES string of the molecule is CC(C)c1c([Se]c2ccccc2)n(COCCO[Si](C)(C)C(C)(C)C)c(=S)[nH]c1=O. The van der Waals surface area contributed by atoms with Crippen LogP contribution in [0.1, 0.15) is 46.1 Å². The Morgan fingerprint density at radius 1 is 1.17 bits per heavy atom. The summed E-state index contributed by atoms with van der Waals surface area (Å²) in [5.41, 5.74) is 0.689. The fourth-order valence-corrected chi connectivity index (χ4v) is 6.56. The molecule has 5 nitrogen and oxygen atoms in total. The van der Waals surface area contributed by atoms with Crippen LogP contribution in [0.25, 0.3) is 0 Å². The fraction of sp³-hybridized carbons (Fsp3) is 0.545. The molecule has 0 radical (unpaired) electrons. The van der Waals surface area contributed by atoms with E-state index in [1.807, 2.05) is 36.6 Å². The molecule has 2 aromatic rings. The minimum atomic E-state index is -1.79. The van der Waals surface area contributed by atoms with Gasteiger partial charge in [-0.05, 0) is 0 Å². The first-order valence-electron chi connectivity index (χ1n) is 10.3. The average Bonchev–Trinajstić information content (AvgIpc) is 2.63. The van der Waals surface area contributed by atoms with Gasteiger partial charge in [-0.2, -0.15) is 0 Å². The van der Waals surface area contributed by atoms with Crippen molar-refractivity contribution in [2.24, 2.45) is 0 Å². The molecule has 0 bridgehead atoms. The molecule has 0 amide bonds. The normalized spacial score (nSPS) is 12.5. The third kappa shape index (κ3) is 6.49. The Morgan fingerprint density at radius 3 is 2.37 bits per heavy atom. The van der Waals surface area contributed by atoms with Gasteiger partial charge in [-0.1, -0.05) is 0 Å². The summed E-state index contributed by atoms with van der Waals surface area (Å²) < 4.78 is 16.6. The van der Waals surface area contributed by atoms with Gasteiger partial charge in [0.2, 0.25) is 0 Å². The van der Waals surface area contributed by atoms with Crippen LogP contribution in [-0.4, -0.2) is 46.0 Å². The van der Waals surface area contributed by atoms with Gasteiger partial charge >= 0.3 is 193 Å². The summed E-state index contributed by atoms with van der Waals surface area (Å²) in [5, 5.41) is 0.173. The van der Waals surface area contributed by atoms with Crippen LogP contribution in [-0.2, 0) is 15.9 Å². The van der Waals surface area contributed by atoms with Crippen LogP contribution in [0, 0.1) is 4.77 Å². The maximum atomic E-state index is 12.6. The average molecular weight is 514 g/mol. The van der Waals surface area contributed by atoms with E-state index in [1.54, 1.807) is 0 Å². The van der Waals surface area contributed by atoms with E-state index in [1.165, 1.54) is 4.46 Å². The molecule has 0 saturated carbocycles. The number of hydrogen-bond acceptors (Lipinski definition) is 4. The predicted octanol–water partition coefficient (Wildman–Crippen LogP) is 3.68. The molecule has 0 fully saturated rings. The number of rotatable bonds is 9. The van der Waals surface area contributed by atoms with E-state index in [2.05, 4.69) is 51.0 Å². The Morgan fingerprint density at radius 2 is 1.80 bits per heavy atom. The monoisotopic (exact) mass is 514 g/mol. The molecule has 0 aliphatic heterocycles. The van der Waals surface area contributed by atoms with Crippen LogP contribution in [0.3, 0.4) is 0 Å². The van der Waals surface area contributed by atoms with Gasteiger partial charge in [-0.3, -0.25) is 0 Å². The summed E-state index contributed by atoms with van der Waals surface area (Å²) in [5.74, 6) is 0.0955. The van der Waals surface area contributed by atoms with E-state index in [-0.39, 0.29) is 31.5 Å². The summed E-state index contributed by atoms with van der Waals surface area (Å²) in [6, 6.07) is 10.2. The van der Waals surface area contributed by atoms with Crippen molar-refractivity contribution in [2.45, 2.75) is 65.4 Å². The molecular formula is C22H34N2O3SSeSi. The van der Waals surface area contributed by atoms with Crippen LogP contribution < -0.4 is 14.6 Å². The van der Waals surface area contributed by atoms with Crippen molar-refractivity contribution in [1.82, 2.24) is 9.55 Å². The number of hydrogen-bond donors (Lipinski definition) is 1. The molecule has 0 spiro atoms. The van der Waals surface area contributed by atoms with Crippen molar-refractivity contribution in [2.75, 3.05) is 13.2 Å². The zero-order valence-corrected chi connectivity index (χ0v) is 22.6. The molecule has 1 aromatic carbocycles. The van der Waals surface area contributed by atoms with E-state index < -0.39 is 8.32 Å². The van der Waals surface area contributed by atoms with Gasteiger partial charge in [0.15, 0.2) is 0 Å². The quantitative estimate of drug-likeness (QED) is 0.316. The van der Waals surface area contributed by atoms with Gasteiger partial charge in [-0.25, -0.2) is 0 Å². The van der Waals surface area contributed by atoms with Crippen molar-refractivity contribution < 1.29 is 9.16 Å². The van der Waals surface area contributed by atoms with E-state index in [4.69, 9.17) is 21.4 Å². The van der Waals surface area contributed by atoms with Gasteiger partial charge in [-0.15, -0.1) is 0 Å². The zero-order valence-electron chi connectivity index (χ0n) is 19.1. The van der Waals surface area contributed by atoms with E-state index in [0.29, 0.717) is 24.7 Å². The van der Waals surface area contributed by atoms with Crippen molar-refractivity contribution >= 4 is 44.5 Å². The second kappa shape index (κ2) is 10.5. The molecule has 1 N–H and O–H groups in total. The summed E-state index contributed by atoms with van der Waals surface area (Å²) in [6.45, 7) is 16.6. The maximum absolute atomic E-state index is 12.6. The van der Waals surface area contributed by atoms with Crippen molar-refractivity contribution in [3.63, 3.8) is 0 Å². The van der Waals surface area contributed by atoms with Crippen molar-refractivity contribution in [3.8, 4) is 0 Å². The number of nitrogens with one attached hydrogen (secondary N) is 1. The molecule has 0 aliphatic rings. The number of aromatic amines is 1. The molecule has 0 atom stereocenters. The fourth-order valence-electron chi connectivity index (χ4n) is 2.63. The Balaban J connectivity index is 2.20. The van der Waals surface area contributed by atoms with Crippen molar-refractivity contribution in [1.29, 1.82) is 0 Å². The molecule has 1 aromatic heterocycles. The summed E-state index contributed by atoms with van der Waals surface area (Å²) in [6.07, 6.45) is 0. The van der Waals surface area contributed by atoms with Crippen LogP contribution in [0.5, 0.6) is 0 Å². The molecule has 30 heavy (non-hydrogen) atoms. The number of ether oxygens (including phenoxy) is 1. The Hall–Kier alpha value is -1.02.